The minimum Gasteiger partial charge on any atom is -0.272 e. The summed E-state index contributed by atoms with van der Waals surface area (Å²) in [6, 6.07) is 26.5. The monoisotopic (exact) mass is 547 g/mol. The minimum absolute atomic E-state index is 0.0597. The average molecular weight is 548 g/mol. The summed E-state index contributed by atoms with van der Waals surface area (Å²) in [5.41, 5.74) is 3.13. The minimum atomic E-state index is -0.941. The summed E-state index contributed by atoms with van der Waals surface area (Å²) in [7, 11) is 0. The highest BCUT2D eigenvalue weighted by Crippen LogP contribution is 2.61. The molecule has 0 radical (unpaired) electrons. The molecule has 3 aliphatic carbocycles. The van der Waals surface area contributed by atoms with Gasteiger partial charge in [-0.1, -0.05) is 78.9 Å². The number of imide groups is 1. The van der Waals surface area contributed by atoms with Gasteiger partial charge in [0.05, 0.1) is 23.3 Å². The van der Waals surface area contributed by atoms with Crippen LogP contribution in [0, 0.1) is 27.8 Å². The van der Waals surface area contributed by atoms with Gasteiger partial charge in [0.1, 0.15) is 11.4 Å². The Balaban J connectivity index is 1.38. The van der Waals surface area contributed by atoms with E-state index in [4.69, 9.17) is 0 Å². The van der Waals surface area contributed by atoms with Crippen LogP contribution in [-0.4, -0.2) is 32.7 Å². The molecule has 4 aliphatic rings. The molecule has 0 N–H and O–H groups in total. The number of nitrogens with zero attached hydrogens (tertiary/aromatic N) is 3. The van der Waals surface area contributed by atoms with Crippen molar-refractivity contribution in [2.45, 2.75) is 18.4 Å². The lowest BCUT2D eigenvalue weighted by Crippen LogP contribution is -2.50. The zero-order valence-corrected chi connectivity index (χ0v) is 21.5. The molecule has 3 amide bonds. The first-order valence-corrected chi connectivity index (χ1v) is 13.2. The lowest BCUT2D eigenvalue weighted by Gasteiger charge is -2.45. The van der Waals surface area contributed by atoms with Gasteiger partial charge >= 0.3 is 0 Å². The third-order valence-electron chi connectivity index (χ3n) is 8.51. The number of rotatable bonds is 5. The zero-order valence-electron chi connectivity index (χ0n) is 21.5. The van der Waals surface area contributed by atoms with E-state index in [-0.39, 0.29) is 11.1 Å². The highest BCUT2D eigenvalue weighted by Gasteiger charge is 2.63. The van der Waals surface area contributed by atoms with Crippen LogP contribution in [0.1, 0.15) is 50.0 Å². The van der Waals surface area contributed by atoms with E-state index in [0.29, 0.717) is 0 Å². The predicted octanol–water partition coefficient (Wildman–Crippen LogP) is 5.18. The molecule has 2 bridgehead atoms. The van der Waals surface area contributed by atoms with E-state index >= 15 is 0 Å². The van der Waals surface area contributed by atoms with Crippen molar-refractivity contribution in [3.8, 4) is 0 Å². The van der Waals surface area contributed by atoms with Crippen LogP contribution in [0.3, 0.4) is 0 Å². The van der Waals surface area contributed by atoms with Crippen LogP contribution >= 0.6 is 0 Å². The van der Waals surface area contributed by atoms with E-state index in [2.05, 4.69) is 0 Å². The molecule has 0 spiro atoms. The molecular formula is C32H22FN3O5. The second-order valence-electron chi connectivity index (χ2n) is 10.5. The van der Waals surface area contributed by atoms with Gasteiger partial charge in [0.2, 0.25) is 0 Å². The van der Waals surface area contributed by atoms with Gasteiger partial charge in [-0.3, -0.25) is 24.5 Å². The Hall–Kier alpha value is -5.18. The second-order valence-corrected chi connectivity index (χ2v) is 10.5. The molecule has 41 heavy (non-hydrogen) atoms. The molecular weight excluding hydrogens is 525 g/mol. The van der Waals surface area contributed by atoms with Crippen molar-refractivity contribution in [2.75, 3.05) is 0 Å². The van der Waals surface area contributed by atoms with Crippen molar-refractivity contribution in [3.05, 3.63) is 146 Å². The number of carbonyl (C=O) groups is 3. The smallest absolute Gasteiger partial charge is 0.272 e. The summed E-state index contributed by atoms with van der Waals surface area (Å²) in [6.45, 7) is -0.469. The molecule has 1 aliphatic heterocycles. The summed E-state index contributed by atoms with van der Waals surface area (Å²) in [6.07, 6.45) is 0. The molecule has 8 rings (SSSR count). The first-order chi connectivity index (χ1) is 19.9. The molecule has 0 unspecified atom stereocenters. The SMILES string of the molecule is O=C(c1ccccc1[N+](=O)[O-])N(Cc1ccccc1F)N1C(=O)[C@H]2C3c4ccccc4C(c4ccccc43)[C@@H]2C1=O. The predicted molar refractivity (Wildman–Crippen MR) is 145 cm³/mol. The summed E-state index contributed by atoms with van der Waals surface area (Å²) < 4.78 is 14.9. The lowest BCUT2D eigenvalue weighted by molar-refractivity contribution is -0.385. The molecule has 4 aromatic rings. The molecule has 0 aromatic heterocycles. The van der Waals surface area contributed by atoms with Crippen LogP contribution in [0.25, 0.3) is 0 Å². The summed E-state index contributed by atoms with van der Waals surface area (Å²) in [4.78, 5) is 53.8. The summed E-state index contributed by atoms with van der Waals surface area (Å²) in [5.74, 6) is -5.11. The topological polar surface area (TPSA) is 101 Å². The number of hydrazine groups is 1. The number of amides is 3. The number of nitro groups is 1. The van der Waals surface area contributed by atoms with Crippen molar-refractivity contribution < 1.29 is 23.7 Å². The van der Waals surface area contributed by atoms with Gasteiger partial charge in [-0.05, 0) is 34.4 Å². The molecule has 202 valence electrons. The second kappa shape index (κ2) is 9.19. The normalized spacial score (nSPS) is 21.7. The summed E-state index contributed by atoms with van der Waals surface area (Å²) in [5, 5.41) is 13.5. The van der Waals surface area contributed by atoms with Crippen LogP contribution in [0.15, 0.2) is 97.1 Å². The maximum absolute atomic E-state index is 14.9. The van der Waals surface area contributed by atoms with Crippen molar-refractivity contribution in [2.24, 2.45) is 11.8 Å². The number of hydrogen-bond acceptors (Lipinski definition) is 5. The molecule has 4 aromatic carbocycles. The van der Waals surface area contributed by atoms with E-state index in [1.165, 1.54) is 42.5 Å². The first-order valence-electron chi connectivity index (χ1n) is 13.2. The number of para-hydroxylation sites is 1. The number of halogens is 1. The van der Waals surface area contributed by atoms with Crippen molar-refractivity contribution in [1.29, 1.82) is 0 Å². The Kier molecular flexibility index (Phi) is 5.57. The quantitative estimate of drug-likeness (QED) is 0.195. The molecule has 1 saturated heterocycles. The van der Waals surface area contributed by atoms with Gasteiger partial charge in [-0.25, -0.2) is 9.40 Å². The highest BCUT2D eigenvalue weighted by atomic mass is 19.1. The van der Waals surface area contributed by atoms with E-state index < -0.39 is 64.4 Å². The Morgan fingerprint density at radius 1 is 0.756 bits per heavy atom. The standard InChI is InChI=1S/C32H22FN3O5/c33-24-15-7-1-9-18(24)17-34(30(37)23-14-6-8-16-25(23)36(40)41)35-31(38)28-26-19-10-2-3-11-20(19)27(29(28)32(35)39)22-13-5-4-12-21(22)26/h1-16,26-29H,17H2/t26?,27?,28-,29-/m0/s1. The largest absolute Gasteiger partial charge is 0.282 e. The molecule has 9 heteroatoms. The van der Waals surface area contributed by atoms with Crippen LogP contribution in [0.5, 0.6) is 0 Å². The Labute approximate surface area is 233 Å². The van der Waals surface area contributed by atoms with Crippen molar-refractivity contribution >= 4 is 23.4 Å². The Bertz CT molecular complexity index is 1670. The van der Waals surface area contributed by atoms with Crippen LogP contribution < -0.4 is 0 Å². The van der Waals surface area contributed by atoms with Gasteiger partial charge < -0.3 is 0 Å². The third-order valence-corrected chi connectivity index (χ3v) is 8.51. The molecule has 1 heterocycles. The molecule has 2 atom stereocenters. The Morgan fingerprint density at radius 3 is 1.73 bits per heavy atom. The van der Waals surface area contributed by atoms with Gasteiger partial charge in [0.15, 0.2) is 0 Å². The van der Waals surface area contributed by atoms with Crippen molar-refractivity contribution in [1.82, 2.24) is 10.0 Å². The van der Waals surface area contributed by atoms with E-state index in [0.717, 1.165) is 32.3 Å². The van der Waals surface area contributed by atoms with Crippen LogP contribution in [-0.2, 0) is 16.1 Å². The Morgan fingerprint density at radius 2 is 1.22 bits per heavy atom. The maximum atomic E-state index is 14.9. The van der Waals surface area contributed by atoms with Crippen LogP contribution in [0.2, 0.25) is 0 Å². The number of benzene rings is 4. The molecule has 8 nitrogen and oxygen atoms in total. The van der Waals surface area contributed by atoms with Gasteiger partial charge in [0, 0.05) is 23.5 Å². The lowest BCUT2D eigenvalue weighted by atomic mass is 9.55. The highest BCUT2D eigenvalue weighted by molar-refractivity contribution is 6.10. The fraction of sp³-hybridized carbons (Fsp3) is 0.156. The number of nitro benzene ring substituents is 1. The first kappa shape index (κ1) is 24.8. The average Bonchev–Trinajstić information content (AvgIpc) is 3.26. The number of carbonyl (C=O) groups excluding carboxylic acids is 3. The third kappa shape index (κ3) is 3.55. The fourth-order valence-electron chi connectivity index (χ4n) is 6.87. The molecule has 1 fully saturated rings. The molecule has 0 saturated carbocycles. The van der Waals surface area contributed by atoms with Gasteiger partial charge in [-0.15, -0.1) is 0 Å². The van der Waals surface area contributed by atoms with Crippen LogP contribution in [0.4, 0.5) is 10.1 Å². The summed E-state index contributed by atoms with van der Waals surface area (Å²) >= 11 is 0. The van der Waals surface area contributed by atoms with Gasteiger partial charge in [-0.2, -0.15) is 5.01 Å². The van der Waals surface area contributed by atoms with Gasteiger partial charge in [0.25, 0.3) is 23.4 Å². The van der Waals surface area contributed by atoms with Crippen molar-refractivity contribution in [3.63, 3.8) is 0 Å². The fourth-order valence-corrected chi connectivity index (χ4v) is 6.87. The number of hydrogen-bond donors (Lipinski definition) is 0. The van der Waals surface area contributed by atoms with E-state index in [1.807, 2.05) is 48.5 Å². The van der Waals surface area contributed by atoms with E-state index in [9.17, 15) is 28.9 Å². The van der Waals surface area contributed by atoms with E-state index in [1.54, 1.807) is 6.07 Å². The zero-order chi connectivity index (χ0) is 28.4. The maximum Gasteiger partial charge on any atom is 0.282 e.